The van der Waals surface area contributed by atoms with E-state index in [2.05, 4.69) is 21.2 Å². The van der Waals surface area contributed by atoms with E-state index >= 15 is 0 Å². The molecule has 1 aromatic carbocycles. The molecule has 0 spiro atoms. The van der Waals surface area contributed by atoms with Crippen LogP contribution in [-0.2, 0) is 25.1 Å². The van der Waals surface area contributed by atoms with E-state index in [1.807, 2.05) is 12.1 Å². The van der Waals surface area contributed by atoms with Gasteiger partial charge in [-0.25, -0.2) is 4.79 Å². The Morgan fingerprint density at radius 3 is 2.55 bits per heavy atom. The lowest BCUT2D eigenvalue weighted by Gasteiger charge is -2.13. The Kier molecular flexibility index (Phi) is 8.29. The number of aliphatic carboxylic acids is 1. The van der Waals surface area contributed by atoms with Gasteiger partial charge in [0.15, 0.2) is 6.04 Å². The number of carbonyl (C=O) groups is 2. The highest BCUT2D eigenvalue weighted by molar-refractivity contribution is 9.10. The lowest BCUT2D eigenvalue weighted by atomic mass is 10.2. The summed E-state index contributed by atoms with van der Waals surface area (Å²) in [5.41, 5.74) is 0. The normalized spacial score (nSPS) is 13.4. The summed E-state index contributed by atoms with van der Waals surface area (Å²) in [7, 11) is 0.190. The van der Waals surface area contributed by atoms with Gasteiger partial charge in [0.25, 0.3) is 0 Å². The number of ether oxygens (including phenoxy) is 1. The number of carbonyl (C=O) groups excluding carboxylic acids is 1. The Bertz CT molecular complexity index is 535. The van der Waals surface area contributed by atoms with Gasteiger partial charge < -0.3 is 15.2 Å². The van der Waals surface area contributed by atoms with E-state index in [-0.39, 0.29) is 13.0 Å². The summed E-state index contributed by atoms with van der Waals surface area (Å²) in [5, 5.41) is 11.3. The zero-order valence-corrected chi connectivity index (χ0v) is 14.5. The van der Waals surface area contributed by atoms with Crippen LogP contribution in [-0.4, -0.2) is 46.7 Å². The van der Waals surface area contributed by atoms with Crippen LogP contribution in [0.25, 0.3) is 0 Å². The van der Waals surface area contributed by atoms with Gasteiger partial charge in [-0.2, -0.15) is 0 Å². The number of carboxylic acids is 1. The van der Waals surface area contributed by atoms with E-state index in [1.165, 1.54) is 7.11 Å². The van der Waals surface area contributed by atoms with Crippen molar-refractivity contribution in [1.82, 2.24) is 5.32 Å². The molecule has 1 amide bonds. The predicted molar refractivity (Wildman–Crippen MR) is 86.1 cm³/mol. The van der Waals surface area contributed by atoms with E-state index in [0.717, 1.165) is 4.47 Å². The maximum atomic E-state index is 12.0. The Labute approximate surface area is 139 Å². The van der Waals surface area contributed by atoms with E-state index in [1.54, 1.807) is 12.1 Å². The SMILES string of the molecule is COCC(NC(=O)CCCS(=O)c1ccc(Br)cc1)C(=O)O. The molecule has 0 aromatic heterocycles. The third kappa shape index (κ3) is 6.67. The van der Waals surface area contributed by atoms with Crippen LogP contribution in [0.15, 0.2) is 33.6 Å². The Morgan fingerprint density at radius 2 is 2.00 bits per heavy atom. The molecule has 22 heavy (non-hydrogen) atoms. The first-order valence-corrected chi connectivity index (χ1v) is 8.70. The number of halogens is 1. The Hall–Kier alpha value is -1.25. The molecule has 0 radical (unpaired) electrons. The fourth-order valence-corrected chi connectivity index (χ4v) is 3.02. The molecule has 6 nitrogen and oxygen atoms in total. The van der Waals surface area contributed by atoms with Gasteiger partial charge in [-0.3, -0.25) is 9.00 Å². The topological polar surface area (TPSA) is 92.7 Å². The quantitative estimate of drug-likeness (QED) is 0.665. The second-order valence-corrected chi connectivity index (χ2v) is 7.01. The van der Waals surface area contributed by atoms with Gasteiger partial charge in [-0.05, 0) is 30.7 Å². The average Bonchev–Trinajstić information content (AvgIpc) is 2.47. The first-order chi connectivity index (χ1) is 10.4. The Balaban J connectivity index is 2.36. The molecule has 122 valence electrons. The fraction of sp³-hybridized carbons (Fsp3) is 0.429. The van der Waals surface area contributed by atoms with Gasteiger partial charge in [0, 0.05) is 28.7 Å². The summed E-state index contributed by atoms with van der Waals surface area (Å²) in [6.45, 7) is -0.0914. The van der Waals surface area contributed by atoms with Gasteiger partial charge in [0.05, 0.1) is 17.4 Å². The van der Waals surface area contributed by atoms with Gasteiger partial charge in [0.2, 0.25) is 5.91 Å². The average molecular weight is 392 g/mol. The highest BCUT2D eigenvalue weighted by Crippen LogP contribution is 2.14. The minimum atomic E-state index is -1.17. The van der Waals surface area contributed by atoms with Crippen molar-refractivity contribution >= 4 is 38.6 Å². The third-order valence-corrected chi connectivity index (χ3v) is 4.76. The standard InChI is InChI=1S/C14H18BrNO5S/c1-21-9-12(14(18)19)16-13(17)3-2-8-22(20)11-6-4-10(15)5-7-11/h4-7,12H,2-3,8-9H2,1H3,(H,16,17)(H,18,19). The predicted octanol–water partition coefficient (Wildman–Crippen LogP) is 1.55. The largest absolute Gasteiger partial charge is 0.480 e. The molecule has 2 unspecified atom stereocenters. The highest BCUT2D eigenvalue weighted by atomic mass is 79.9. The molecule has 0 fully saturated rings. The zero-order chi connectivity index (χ0) is 16.5. The first-order valence-electron chi connectivity index (χ1n) is 6.59. The van der Waals surface area contributed by atoms with Crippen LogP contribution in [0, 0.1) is 0 Å². The zero-order valence-electron chi connectivity index (χ0n) is 12.1. The van der Waals surface area contributed by atoms with Crippen molar-refractivity contribution in [1.29, 1.82) is 0 Å². The molecule has 0 aliphatic heterocycles. The highest BCUT2D eigenvalue weighted by Gasteiger charge is 2.19. The molecule has 0 aliphatic carbocycles. The van der Waals surface area contributed by atoms with Crippen LogP contribution in [0.1, 0.15) is 12.8 Å². The molecule has 1 rings (SSSR count). The maximum absolute atomic E-state index is 12.0. The van der Waals surface area contributed by atoms with Crippen molar-refractivity contribution in [3.05, 3.63) is 28.7 Å². The van der Waals surface area contributed by atoms with Crippen molar-refractivity contribution in [2.45, 2.75) is 23.8 Å². The van der Waals surface area contributed by atoms with E-state index < -0.39 is 28.7 Å². The van der Waals surface area contributed by atoms with Crippen molar-refractivity contribution in [2.24, 2.45) is 0 Å². The number of benzene rings is 1. The lowest BCUT2D eigenvalue weighted by molar-refractivity contribution is -0.143. The number of nitrogens with one attached hydrogen (secondary N) is 1. The van der Waals surface area contributed by atoms with E-state index in [4.69, 9.17) is 9.84 Å². The number of amides is 1. The number of hydrogen-bond donors (Lipinski definition) is 2. The van der Waals surface area contributed by atoms with E-state index in [9.17, 15) is 13.8 Å². The molecule has 0 bridgehead atoms. The van der Waals surface area contributed by atoms with Crippen LogP contribution < -0.4 is 5.32 Å². The third-order valence-electron chi connectivity index (χ3n) is 2.78. The molecule has 8 heteroatoms. The second-order valence-electron chi connectivity index (χ2n) is 4.52. The minimum absolute atomic E-state index is 0.0914. The first kappa shape index (κ1) is 18.8. The van der Waals surface area contributed by atoms with E-state index in [0.29, 0.717) is 17.1 Å². The minimum Gasteiger partial charge on any atom is -0.480 e. The van der Waals surface area contributed by atoms with Gasteiger partial charge in [-0.15, -0.1) is 0 Å². The van der Waals surface area contributed by atoms with Crippen molar-refractivity contribution < 1.29 is 23.6 Å². The molecule has 0 saturated heterocycles. The summed E-state index contributed by atoms with van der Waals surface area (Å²) in [5.74, 6) is -1.19. The maximum Gasteiger partial charge on any atom is 0.328 e. The van der Waals surface area contributed by atoms with Gasteiger partial charge in [-0.1, -0.05) is 15.9 Å². The fourth-order valence-electron chi connectivity index (χ4n) is 1.68. The molecule has 0 heterocycles. The molecule has 2 atom stereocenters. The molecule has 0 saturated carbocycles. The smallest absolute Gasteiger partial charge is 0.328 e. The van der Waals surface area contributed by atoms with Crippen LogP contribution >= 0.6 is 15.9 Å². The van der Waals surface area contributed by atoms with Crippen molar-refractivity contribution in [3.63, 3.8) is 0 Å². The van der Waals surface area contributed by atoms with Gasteiger partial charge in [0.1, 0.15) is 0 Å². The van der Waals surface area contributed by atoms with Crippen LogP contribution in [0.2, 0.25) is 0 Å². The monoisotopic (exact) mass is 391 g/mol. The molecule has 2 N–H and O–H groups in total. The second kappa shape index (κ2) is 9.70. The number of hydrogen-bond acceptors (Lipinski definition) is 4. The van der Waals surface area contributed by atoms with Crippen LogP contribution in [0.4, 0.5) is 0 Å². The van der Waals surface area contributed by atoms with Crippen LogP contribution in [0.5, 0.6) is 0 Å². The number of rotatable bonds is 9. The summed E-state index contributed by atoms with van der Waals surface area (Å²) in [4.78, 5) is 23.2. The van der Waals surface area contributed by atoms with Gasteiger partial charge >= 0.3 is 5.97 Å². The summed E-state index contributed by atoms with van der Waals surface area (Å²) in [6.07, 6.45) is 0.531. The number of carboxylic acid groups (broad SMARTS) is 1. The molecular formula is C14H18BrNO5S. The number of methoxy groups -OCH3 is 1. The van der Waals surface area contributed by atoms with Crippen LogP contribution in [0.3, 0.4) is 0 Å². The summed E-state index contributed by atoms with van der Waals surface area (Å²) >= 11 is 3.30. The van der Waals surface area contributed by atoms with Crippen molar-refractivity contribution in [2.75, 3.05) is 19.5 Å². The lowest BCUT2D eigenvalue weighted by Crippen LogP contribution is -2.43. The summed E-state index contributed by atoms with van der Waals surface area (Å²) < 4.78 is 17.7. The molecule has 0 aliphatic rings. The molecule has 1 aromatic rings. The Morgan fingerprint density at radius 1 is 1.36 bits per heavy atom. The summed E-state index contributed by atoms with van der Waals surface area (Å²) in [6, 6.07) is 6.08. The molecular weight excluding hydrogens is 374 g/mol. The van der Waals surface area contributed by atoms with Crippen molar-refractivity contribution in [3.8, 4) is 0 Å².